The first-order chi connectivity index (χ1) is 10.1. The average molecular weight is 283 g/mol. The Morgan fingerprint density at radius 1 is 1.33 bits per heavy atom. The van der Waals surface area contributed by atoms with Gasteiger partial charge in [-0.25, -0.2) is 9.97 Å². The first kappa shape index (κ1) is 14.6. The van der Waals surface area contributed by atoms with Gasteiger partial charge in [-0.15, -0.1) is 0 Å². The van der Waals surface area contributed by atoms with Crippen molar-refractivity contribution in [1.29, 1.82) is 0 Å². The van der Waals surface area contributed by atoms with Crippen molar-refractivity contribution in [2.75, 3.05) is 18.9 Å². The number of benzene rings is 1. The van der Waals surface area contributed by atoms with Gasteiger partial charge >= 0.3 is 0 Å². The monoisotopic (exact) mass is 283 g/mol. The number of carbonyl (C=O) groups excluding carboxylic acids is 1. The number of aromatic nitrogens is 2. The molecule has 0 bridgehead atoms. The topological polar surface area (TPSA) is 93.3 Å². The summed E-state index contributed by atoms with van der Waals surface area (Å²) in [5.74, 6) is 0.686. The highest BCUT2D eigenvalue weighted by atomic mass is 16.1. The fraction of sp³-hybridized carbons (Fsp3) is 0.200. The van der Waals surface area contributed by atoms with Crippen molar-refractivity contribution < 1.29 is 4.79 Å². The van der Waals surface area contributed by atoms with Crippen LogP contribution in [0.4, 0.5) is 5.82 Å². The van der Waals surface area contributed by atoms with Gasteiger partial charge in [0, 0.05) is 18.8 Å². The molecule has 0 saturated carbocycles. The van der Waals surface area contributed by atoms with Gasteiger partial charge in [0.2, 0.25) is 5.91 Å². The van der Waals surface area contributed by atoms with E-state index in [2.05, 4.69) is 20.3 Å². The molecule has 1 heterocycles. The third-order valence-electron chi connectivity index (χ3n) is 2.86. The number of primary amides is 1. The summed E-state index contributed by atoms with van der Waals surface area (Å²) < 4.78 is 0. The van der Waals surface area contributed by atoms with Crippen molar-refractivity contribution in [2.24, 2.45) is 10.7 Å². The van der Waals surface area contributed by atoms with E-state index in [9.17, 15) is 4.79 Å². The van der Waals surface area contributed by atoms with Crippen molar-refractivity contribution in [3.05, 3.63) is 41.6 Å². The molecule has 0 aliphatic carbocycles. The summed E-state index contributed by atoms with van der Waals surface area (Å²) in [6.07, 6.45) is 1.66. The van der Waals surface area contributed by atoms with E-state index in [1.165, 1.54) is 0 Å². The summed E-state index contributed by atoms with van der Waals surface area (Å²) in [7, 11) is 1.67. The zero-order valence-electron chi connectivity index (χ0n) is 12.0. The Hall–Kier alpha value is -2.76. The van der Waals surface area contributed by atoms with Crippen molar-refractivity contribution in [1.82, 2.24) is 9.97 Å². The molecule has 3 N–H and O–H groups in total. The molecule has 1 amide bonds. The maximum atomic E-state index is 11.0. The third-order valence-corrected chi connectivity index (χ3v) is 2.86. The largest absolute Gasteiger partial charge is 0.368 e. The molecule has 1 aromatic carbocycles. The lowest BCUT2D eigenvalue weighted by Gasteiger charge is -2.11. The van der Waals surface area contributed by atoms with Crippen molar-refractivity contribution in [3.63, 3.8) is 0 Å². The number of aryl methyl sites for hydroxylation is 1. The van der Waals surface area contributed by atoms with E-state index in [1.54, 1.807) is 13.3 Å². The number of rotatable bonds is 5. The van der Waals surface area contributed by atoms with Gasteiger partial charge in [0.1, 0.15) is 5.82 Å². The van der Waals surface area contributed by atoms with Crippen molar-refractivity contribution in [3.8, 4) is 11.4 Å². The van der Waals surface area contributed by atoms with Crippen LogP contribution < -0.4 is 11.1 Å². The summed E-state index contributed by atoms with van der Waals surface area (Å²) in [6, 6.07) is 9.64. The summed E-state index contributed by atoms with van der Waals surface area (Å²) >= 11 is 0. The number of aliphatic imine (C=N–C) groups is 1. The fourth-order valence-corrected chi connectivity index (χ4v) is 1.89. The predicted molar refractivity (Wildman–Crippen MR) is 83.4 cm³/mol. The smallest absolute Gasteiger partial charge is 0.236 e. The molecule has 0 aliphatic heterocycles. The quantitative estimate of drug-likeness (QED) is 0.811. The van der Waals surface area contributed by atoms with Gasteiger partial charge in [-0.05, 0) is 6.92 Å². The van der Waals surface area contributed by atoms with E-state index >= 15 is 0 Å². The summed E-state index contributed by atoms with van der Waals surface area (Å²) in [5.41, 5.74) is 7.61. The SMILES string of the molecule is CN=Cc1c(C)nc(-c2ccccc2)nc1NCC(N)=O. The molecule has 2 aromatic rings. The highest BCUT2D eigenvalue weighted by Gasteiger charge is 2.11. The highest BCUT2D eigenvalue weighted by molar-refractivity contribution is 5.89. The second-order valence-electron chi connectivity index (χ2n) is 4.47. The molecular formula is C15H17N5O. The molecule has 21 heavy (non-hydrogen) atoms. The molecule has 0 atom stereocenters. The van der Waals surface area contributed by atoms with E-state index in [0.717, 1.165) is 16.8 Å². The number of carbonyl (C=O) groups is 1. The van der Waals surface area contributed by atoms with Gasteiger partial charge in [-0.1, -0.05) is 30.3 Å². The molecule has 0 aliphatic rings. The van der Waals surface area contributed by atoms with Crippen LogP contribution in [0.2, 0.25) is 0 Å². The number of hydrogen-bond donors (Lipinski definition) is 2. The number of hydrogen-bond acceptors (Lipinski definition) is 5. The first-order valence-corrected chi connectivity index (χ1v) is 6.50. The van der Waals surface area contributed by atoms with Gasteiger partial charge < -0.3 is 11.1 Å². The van der Waals surface area contributed by atoms with Crippen LogP contribution in [0.15, 0.2) is 35.3 Å². The van der Waals surface area contributed by atoms with Crippen LogP contribution in [0.5, 0.6) is 0 Å². The van der Waals surface area contributed by atoms with Crippen LogP contribution in [0, 0.1) is 6.92 Å². The number of anilines is 1. The third kappa shape index (κ3) is 3.62. The van der Waals surface area contributed by atoms with Gasteiger partial charge in [0.05, 0.1) is 17.8 Å². The second kappa shape index (κ2) is 6.60. The van der Waals surface area contributed by atoms with Gasteiger partial charge in [0.15, 0.2) is 5.82 Å². The Kier molecular flexibility index (Phi) is 4.61. The number of nitrogens with one attached hydrogen (secondary N) is 1. The van der Waals surface area contributed by atoms with Crippen LogP contribution in [0.3, 0.4) is 0 Å². The molecule has 6 nitrogen and oxygen atoms in total. The van der Waals surface area contributed by atoms with Crippen LogP contribution in [-0.4, -0.2) is 35.7 Å². The normalized spacial score (nSPS) is 10.8. The van der Waals surface area contributed by atoms with Gasteiger partial charge in [-0.3, -0.25) is 9.79 Å². The summed E-state index contributed by atoms with van der Waals surface area (Å²) in [6.45, 7) is 1.88. The zero-order valence-corrected chi connectivity index (χ0v) is 12.0. The minimum atomic E-state index is -0.452. The molecule has 2 rings (SSSR count). The first-order valence-electron chi connectivity index (χ1n) is 6.50. The van der Waals surface area contributed by atoms with E-state index in [-0.39, 0.29) is 6.54 Å². The van der Waals surface area contributed by atoms with Crippen LogP contribution in [0.25, 0.3) is 11.4 Å². The van der Waals surface area contributed by atoms with E-state index in [1.807, 2.05) is 37.3 Å². The van der Waals surface area contributed by atoms with Gasteiger partial charge in [-0.2, -0.15) is 0 Å². The lowest BCUT2D eigenvalue weighted by atomic mass is 10.2. The molecular weight excluding hydrogens is 266 g/mol. The Balaban J connectivity index is 2.48. The van der Waals surface area contributed by atoms with Crippen LogP contribution >= 0.6 is 0 Å². The highest BCUT2D eigenvalue weighted by Crippen LogP contribution is 2.21. The summed E-state index contributed by atoms with van der Waals surface area (Å²) in [5, 5.41) is 2.93. The predicted octanol–water partition coefficient (Wildman–Crippen LogP) is 1.40. The lowest BCUT2D eigenvalue weighted by molar-refractivity contribution is -0.116. The number of amides is 1. The molecule has 0 fully saturated rings. The van der Waals surface area contributed by atoms with E-state index in [0.29, 0.717) is 11.6 Å². The van der Waals surface area contributed by atoms with Crippen LogP contribution in [0.1, 0.15) is 11.3 Å². The molecule has 0 radical (unpaired) electrons. The molecule has 0 unspecified atom stereocenters. The lowest BCUT2D eigenvalue weighted by Crippen LogP contribution is -2.23. The standard InChI is InChI=1S/C15H17N5O/c1-10-12(8-17-2)15(18-9-13(16)21)20-14(19-10)11-6-4-3-5-7-11/h3-8H,9H2,1-2H3,(H2,16,21)(H,18,19,20). The number of nitrogens with two attached hydrogens (primary N) is 1. The average Bonchev–Trinajstić information content (AvgIpc) is 2.48. The molecule has 0 spiro atoms. The molecule has 108 valence electrons. The maximum absolute atomic E-state index is 11.0. The van der Waals surface area contributed by atoms with E-state index in [4.69, 9.17) is 5.73 Å². The summed E-state index contributed by atoms with van der Waals surface area (Å²) in [4.78, 5) is 23.9. The minimum Gasteiger partial charge on any atom is -0.368 e. The van der Waals surface area contributed by atoms with E-state index < -0.39 is 5.91 Å². The number of nitrogens with zero attached hydrogens (tertiary/aromatic N) is 3. The Labute approximate surface area is 123 Å². The Morgan fingerprint density at radius 2 is 2.05 bits per heavy atom. The van der Waals surface area contributed by atoms with Gasteiger partial charge in [0.25, 0.3) is 0 Å². The molecule has 1 aromatic heterocycles. The van der Waals surface area contributed by atoms with Crippen molar-refractivity contribution >= 4 is 17.9 Å². The minimum absolute atomic E-state index is 0.00916. The Morgan fingerprint density at radius 3 is 2.67 bits per heavy atom. The van der Waals surface area contributed by atoms with Crippen molar-refractivity contribution in [2.45, 2.75) is 6.92 Å². The second-order valence-corrected chi connectivity index (χ2v) is 4.47. The Bertz CT molecular complexity index is 667. The molecule has 0 saturated heterocycles. The molecule has 6 heteroatoms. The fourth-order valence-electron chi connectivity index (χ4n) is 1.89. The zero-order chi connectivity index (χ0) is 15.2. The van der Waals surface area contributed by atoms with Crippen LogP contribution in [-0.2, 0) is 4.79 Å². The maximum Gasteiger partial charge on any atom is 0.236 e.